The van der Waals surface area contributed by atoms with E-state index in [9.17, 15) is 13.2 Å². The summed E-state index contributed by atoms with van der Waals surface area (Å²) >= 11 is 2.06. The summed E-state index contributed by atoms with van der Waals surface area (Å²) in [6.07, 6.45) is -4.30. The first-order valence-corrected chi connectivity index (χ1v) is 4.90. The Labute approximate surface area is 91.4 Å². The first kappa shape index (κ1) is 9.82. The van der Waals surface area contributed by atoms with Crippen molar-refractivity contribution in [3.05, 3.63) is 33.5 Å². The molecular weight excluding hydrogens is 306 g/mol. The van der Waals surface area contributed by atoms with E-state index in [0.29, 0.717) is 10.9 Å². The molecule has 0 saturated carbocycles. The zero-order chi connectivity index (χ0) is 10.3. The van der Waals surface area contributed by atoms with Crippen molar-refractivity contribution in [3.8, 4) is 0 Å². The molecule has 1 N–H and O–H groups in total. The van der Waals surface area contributed by atoms with Crippen molar-refractivity contribution in [1.29, 1.82) is 0 Å². The minimum atomic E-state index is -4.30. The minimum absolute atomic E-state index is 0.518. The summed E-state index contributed by atoms with van der Waals surface area (Å²) in [6.45, 7) is 0. The van der Waals surface area contributed by atoms with Crippen LogP contribution in [0, 0.1) is 3.57 Å². The minimum Gasteiger partial charge on any atom is -0.351 e. The Morgan fingerprint density at radius 1 is 1.14 bits per heavy atom. The smallest absolute Gasteiger partial charge is 0.351 e. The van der Waals surface area contributed by atoms with E-state index < -0.39 is 11.9 Å². The van der Waals surface area contributed by atoms with Crippen molar-refractivity contribution in [2.75, 3.05) is 0 Å². The van der Waals surface area contributed by atoms with E-state index in [1.54, 1.807) is 18.2 Å². The number of alkyl halides is 3. The SMILES string of the molecule is FC(F)(F)c1cc2ccc(I)cc2[nH]1. The van der Waals surface area contributed by atoms with E-state index in [0.717, 1.165) is 9.64 Å². The number of hydrogen-bond acceptors (Lipinski definition) is 0. The Balaban J connectivity index is 2.63. The monoisotopic (exact) mass is 311 g/mol. The number of fused-ring (bicyclic) bond motifs is 1. The first-order chi connectivity index (χ1) is 6.47. The number of hydrogen-bond donors (Lipinski definition) is 1. The summed E-state index contributed by atoms with van der Waals surface area (Å²) in [6, 6.07) is 6.25. The molecule has 0 aliphatic carbocycles. The van der Waals surface area contributed by atoms with Crippen LogP contribution < -0.4 is 0 Å². The molecule has 0 bridgehead atoms. The molecule has 14 heavy (non-hydrogen) atoms. The van der Waals surface area contributed by atoms with Crippen LogP contribution in [-0.2, 0) is 6.18 Å². The molecule has 0 spiro atoms. The van der Waals surface area contributed by atoms with Gasteiger partial charge in [0.2, 0.25) is 0 Å². The largest absolute Gasteiger partial charge is 0.431 e. The van der Waals surface area contributed by atoms with E-state index >= 15 is 0 Å². The number of benzene rings is 1. The molecule has 0 radical (unpaired) electrons. The summed E-state index contributed by atoms with van der Waals surface area (Å²) in [5, 5.41) is 0.581. The van der Waals surface area contributed by atoms with Gasteiger partial charge in [-0.2, -0.15) is 13.2 Å². The maximum Gasteiger partial charge on any atom is 0.431 e. The van der Waals surface area contributed by atoms with Crippen molar-refractivity contribution in [3.63, 3.8) is 0 Å². The number of H-pyrrole nitrogens is 1. The average Bonchev–Trinajstić information content (AvgIpc) is 2.45. The molecule has 1 nitrogen and oxygen atoms in total. The van der Waals surface area contributed by atoms with Crippen LogP contribution in [0.4, 0.5) is 13.2 Å². The fourth-order valence-electron chi connectivity index (χ4n) is 1.25. The third-order valence-electron chi connectivity index (χ3n) is 1.89. The van der Waals surface area contributed by atoms with Crippen molar-refractivity contribution < 1.29 is 13.2 Å². The highest BCUT2D eigenvalue weighted by Crippen LogP contribution is 2.31. The first-order valence-electron chi connectivity index (χ1n) is 3.82. The highest BCUT2D eigenvalue weighted by Gasteiger charge is 2.32. The molecule has 5 heteroatoms. The van der Waals surface area contributed by atoms with Crippen LogP contribution >= 0.6 is 22.6 Å². The highest BCUT2D eigenvalue weighted by molar-refractivity contribution is 14.1. The van der Waals surface area contributed by atoms with Gasteiger partial charge >= 0.3 is 6.18 Å². The summed E-state index contributed by atoms with van der Waals surface area (Å²) in [5.74, 6) is 0. The summed E-state index contributed by atoms with van der Waals surface area (Å²) in [5.41, 5.74) is -0.182. The van der Waals surface area contributed by atoms with Crippen molar-refractivity contribution in [2.24, 2.45) is 0 Å². The van der Waals surface area contributed by atoms with Gasteiger partial charge in [0.15, 0.2) is 0 Å². The maximum atomic E-state index is 12.3. The van der Waals surface area contributed by atoms with Crippen molar-refractivity contribution in [2.45, 2.75) is 6.18 Å². The molecule has 0 fully saturated rings. The molecule has 0 amide bonds. The second-order valence-electron chi connectivity index (χ2n) is 2.91. The Morgan fingerprint density at radius 3 is 2.50 bits per heavy atom. The van der Waals surface area contributed by atoms with Crippen LogP contribution in [0.15, 0.2) is 24.3 Å². The summed E-state index contributed by atoms with van der Waals surface area (Å²) < 4.78 is 37.8. The topological polar surface area (TPSA) is 15.8 Å². The van der Waals surface area contributed by atoms with Gasteiger partial charge in [-0.1, -0.05) is 6.07 Å². The lowest BCUT2D eigenvalue weighted by atomic mass is 10.2. The van der Waals surface area contributed by atoms with E-state index in [4.69, 9.17) is 0 Å². The van der Waals surface area contributed by atoms with Crippen molar-refractivity contribution in [1.82, 2.24) is 4.98 Å². The highest BCUT2D eigenvalue weighted by atomic mass is 127. The van der Waals surface area contributed by atoms with Gasteiger partial charge in [-0.25, -0.2) is 0 Å². The number of halogens is 4. The molecule has 1 aromatic carbocycles. The third-order valence-corrected chi connectivity index (χ3v) is 2.56. The Bertz CT molecular complexity index is 472. The van der Waals surface area contributed by atoms with Gasteiger partial charge in [-0.15, -0.1) is 0 Å². The molecule has 1 aromatic heterocycles. The van der Waals surface area contributed by atoms with Gasteiger partial charge < -0.3 is 4.98 Å². The zero-order valence-corrected chi connectivity index (χ0v) is 8.98. The molecule has 1 heterocycles. The van der Waals surface area contributed by atoms with Gasteiger partial charge in [-0.05, 0) is 40.8 Å². The van der Waals surface area contributed by atoms with Gasteiger partial charge in [0, 0.05) is 14.5 Å². The van der Waals surface area contributed by atoms with Gasteiger partial charge in [-0.3, -0.25) is 0 Å². The molecule has 2 rings (SSSR count). The normalized spacial score (nSPS) is 12.3. The summed E-state index contributed by atoms with van der Waals surface area (Å²) in [4.78, 5) is 2.35. The maximum absolute atomic E-state index is 12.3. The van der Waals surface area contributed by atoms with E-state index in [1.165, 1.54) is 0 Å². The van der Waals surface area contributed by atoms with Crippen LogP contribution in [0.3, 0.4) is 0 Å². The number of rotatable bonds is 0. The van der Waals surface area contributed by atoms with Crippen LogP contribution in [0.5, 0.6) is 0 Å². The molecule has 0 aliphatic rings. The third kappa shape index (κ3) is 1.73. The predicted molar refractivity (Wildman–Crippen MR) is 56.0 cm³/mol. The molecule has 0 unspecified atom stereocenters. The number of aromatic amines is 1. The Kier molecular flexibility index (Phi) is 2.21. The molecule has 74 valence electrons. The van der Waals surface area contributed by atoms with Crippen LogP contribution in [-0.4, -0.2) is 4.98 Å². The standard InChI is InChI=1S/C9H5F3IN/c10-9(11,12)8-3-5-1-2-6(13)4-7(5)14-8/h1-4,14H. The van der Waals surface area contributed by atoms with Gasteiger partial charge in [0.25, 0.3) is 0 Å². The number of aromatic nitrogens is 1. The Morgan fingerprint density at radius 2 is 1.86 bits per heavy atom. The molecule has 2 aromatic rings. The molecule has 0 atom stereocenters. The molecule has 0 aliphatic heterocycles. The second kappa shape index (κ2) is 3.15. The molecule has 0 saturated heterocycles. The fourth-order valence-corrected chi connectivity index (χ4v) is 1.74. The van der Waals surface area contributed by atoms with Crippen LogP contribution in [0.25, 0.3) is 10.9 Å². The lowest BCUT2D eigenvalue weighted by molar-refractivity contribution is -0.140. The predicted octanol–water partition coefficient (Wildman–Crippen LogP) is 3.79. The van der Waals surface area contributed by atoms with E-state index in [2.05, 4.69) is 27.6 Å². The fraction of sp³-hybridized carbons (Fsp3) is 0.111. The second-order valence-corrected chi connectivity index (χ2v) is 4.16. The number of nitrogens with one attached hydrogen (secondary N) is 1. The Hall–Kier alpha value is -0.720. The van der Waals surface area contributed by atoms with Crippen molar-refractivity contribution >= 4 is 33.5 Å². The van der Waals surface area contributed by atoms with Crippen LogP contribution in [0.2, 0.25) is 0 Å². The van der Waals surface area contributed by atoms with E-state index in [-0.39, 0.29) is 0 Å². The van der Waals surface area contributed by atoms with Gasteiger partial charge in [0.1, 0.15) is 5.69 Å². The quantitative estimate of drug-likeness (QED) is 0.713. The molecular formula is C9H5F3IN. The zero-order valence-electron chi connectivity index (χ0n) is 6.82. The van der Waals surface area contributed by atoms with E-state index in [1.807, 2.05) is 0 Å². The van der Waals surface area contributed by atoms with Gasteiger partial charge in [0.05, 0.1) is 0 Å². The average molecular weight is 311 g/mol. The van der Waals surface area contributed by atoms with Crippen LogP contribution in [0.1, 0.15) is 5.69 Å². The summed E-state index contributed by atoms with van der Waals surface area (Å²) in [7, 11) is 0. The lowest BCUT2D eigenvalue weighted by Crippen LogP contribution is -2.04. The lowest BCUT2D eigenvalue weighted by Gasteiger charge is -2.00.